The molecule has 2 aromatic carbocycles. The second-order valence-corrected chi connectivity index (χ2v) is 7.83. The summed E-state index contributed by atoms with van der Waals surface area (Å²) < 4.78 is 16.5. The lowest BCUT2D eigenvalue weighted by Gasteiger charge is -2.37. The number of para-hydroxylation sites is 1. The van der Waals surface area contributed by atoms with Crippen LogP contribution in [-0.4, -0.2) is 45.4 Å². The van der Waals surface area contributed by atoms with Gasteiger partial charge in [0.05, 0.1) is 39.0 Å². The Morgan fingerprint density at radius 2 is 1.81 bits per heavy atom. The minimum atomic E-state index is -0.128. The Bertz CT molecular complexity index is 1010. The summed E-state index contributed by atoms with van der Waals surface area (Å²) in [7, 11) is 0. The van der Waals surface area contributed by atoms with E-state index in [2.05, 4.69) is 34.5 Å². The molecule has 0 aliphatic carbocycles. The summed E-state index contributed by atoms with van der Waals surface area (Å²) in [5.41, 5.74) is 1.82. The number of hydrogen-bond acceptors (Lipinski definition) is 5. The van der Waals surface area contributed by atoms with Crippen molar-refractivity contribution in [2.24, 2.45) is 0 Å². The third-order valence-corrected chi connectivity index (χ3v) is 6.01. The molecule has 3 heterocycles. The van der Waals surface area contributed by atoms with Crippen LogP contribution in [0.5, 0.6) is 11.5 Å². The molecule has 3 aromatic rings. The number of fused-ring (bicyclic) bond motifs is 1. The Kier molecular flexibility index (Phi) is 5.50. The summed E-state index contributed by atoms with van der Waals surface area (Å²) in [6, 6.07) is 19.7. The number of amides is 1. The largest absolute Gasteiger partial charge is 0.463 e. The molecule has 31 heavy (non-hydrogen) atoms. The van der Waals surface area contributed by atoms with E-state index < -0.39 is 0 Å². The number of carbonyl (C=O) groups is 1. The summed E-state index contributed by atoms with van der Waals surface area (Å²) >= 11 is 0. The fourth-order valence-electron chi connectivity index (χ4n) is 4.31. The van der Waals surface area contributed by atoms with Gasteiger partial charge in [0.25, 0.3) is 5.91 Å². The zero-order chi connectivity index (χ0) is 21.0. The van der Waals surface area contributed by atoms with E-state index in [1.807, 2.05) is 18.2 Å². The molecule has 1 fully saturated rings. The van der Waals surface area contributed by atoms with Crippen LogP contribution in [0.1, 0.15) is 22.2 Å². The van der Waals surface area contributed by atoms with Gasteiger partial charge in [-0.25, -0.2) is 0 Å². The quantitative estimate of drug-likeness (QED) is 0.638. The number of quaternary nitrogens is 1. The van der Waals surface area contributed by atoms with Gasteiger partial charge in [0.1, 0.15) is 0 Å². The number of ether oxygens (including phenoxy) is 2. The van der Waals surface area contributed by atoms with Crippen LogP contribution in [0.2, 0.25) is 0 Å². The molecule has 2 N–H and O–H groups in total. The van der Waals surface area contributed by atoms with Gasteiger partial charge in [0.2, 0.25) is 6.79 Å². The predicted octanol–water partition coefficient (Wildman–Crippen LogP) is 1.88. The van der Waals surface area contributed by atoms with Crippen LogP contribution in [0.15, 0.2) is 71.3 Å². The van der Waals surface area contributed by atoms with Crippen LogP contribution in [0.4, 0.5) is 5.69 Å². The molecular weight excluding hydrogens is 394 g/mol. The molecule has 0 unspecified atom stereocenters. The maximum atomic E-state index is 12.8. The van der Waals surface area contributed by atoms with Crippen molar-refractivity contribution in [2.75, 3.05) is 44.4 Å². The van der Waals surface area contributed by atoms with E-state index in [0.717, 1.165) is 31.9 Å². The lowest BCUT2D eigenvalue weighted by Crippen LogP contribution is -3.15. The molecule has 2 aliphatic heterocycles. The molecule has 0 saturated carbocycles. The van der Waals surface area contributed by atoms with Gasteiger partial charge in [0.15, 0.2) is 23.3 Å². The third kappa shape index (κ3) is 4.22. The fraction of sp³-hybridized carbons (Fsp3) is 0.292. The van der Waals surface area contributed by atoms with Crippen LogP contribution in [0, 0.1) is 0 Å². The average molecular weight is 420 g/mol. The smallest absolute Gasteiger partial charge is 0.251 e. The zero-order valence-corrected chi connectivity index (χ0v) is 17.3. The van der Waals surface area contributed by atoms with Gasteiger partial charge in [-0.15, -0.1) is 0 Å². The van der Waals surface area contributed by atoms with Crippen LogP contribution >= 0.6 is 0 Å². The highest BCUT2D eigenvalue weighted by Gasteiger charge is 2.31. The Labute approximate surface area is 181 Å². The highest BCUT2D eigenvalue weighted by molar-refractivity contribution is 5.94. The highest BCUT2D eigenvalue weighted by atomic mass is 16.7. The van der Waals surface area contributed by atoms with E-state index in [1.54, 1.807) is 24.5 Å². The summed E-state index contributed by atoms with van der Waals surface area (Å²) in [5.74, 6) is 2.05. The molecule has 2 aliphatic rings. The first kappa shape index (κ1) is 19.5. The van der Waals surface area contributed by atoms with Crippen molar-refractivity contribution in [3.05, 3.63) is 78.3 Å². The monoisotopic (exact) mass is 420 g/mol. The van der Waals surface area contributed by atoms with Crippen molar-refractivity contribution in [1.29, 1.82) is 0 Å². The Balaban J connectivity index is 1.24. The van der Waals surface area contributed by atoms with Crippen molar-refractivity contribution in [3.8, 4) is 11.5 Å². The molecule has 1 amide bonds. The number of rotatable bonds is 6. The second kappa shape index (κ2) is 8.73. The van der Waals surface area contributed by atoms with Gasteiger partial charge in [-0.2, -0.15) is 0 Å². The average Bonchev–Trinajstić information content (AvgIpc) is 3.52. The van der Waals surface area contributed by atoms with Gasteiger partial charge in [-0.3, -0.25) is 4.79 Å². The summed E-state index contributed by atoms with van der Waals surface area (Å²) in [6.45, 7) is 4.57. The molecule has 0 bridgehead atoms. The van der Waals surface area contributed by atoms with E-state index in [-0.39, 0.29) is 18.7 Å². The Morgan fingerprint density at radius 1 is 1.00 bits per heavy atom. The van der Waals surface area contributed by atoms with E-state index >= 15 is 0 Å². The molecule has 160 valence electrons. The van der Waals surface area contributed by atoms with Crippen LogP contribution in [-0.2, 0) is 0 Å². The number of furan rings is 1. The van der Waals surface area contributed by atoms with Gasteiger partial charge >= 0.3 is 0 Å². The van der Waals surface area contributed by atoms with E-state index in [0.29, 0.717) is 23.6 Å². The zero-order valence-electron chi connectivity index (χ0n) is 17.3. The molecule has 1 aromatic heterocycles. The number of benzene rings is 2. The Morgan fingerprint density at radius 3 is 2.58 bits per heavy atom. The number of piperazine rings is 1. The minimum Gasteiger partial charge on any atom is -0.463 e. The van der Waals surface area contributed by atoms with Crippen molar-refractivity contribution in [3.63, 3.8) is 0 Å². The van der Waals surface area contributed by atoms with Crippen molar-refractivity contribution in [1.82, 2.24) is 5.32 Å². The SMILES string of the molecule is O=C(NC[C@@H](c1ccco1)[NH+]1CCN(c2ccccc2)CC1)c1ccc2c(c1)OCO2. The van der Waals surface area contributed by atoms with Gasteiger partial charge in [-0.1, -0.05) is 18.2 Å². The maximum absolute atomic E-state index is 12.8. The molecule has 7 nitrogen and oxygen atoms in total. The summed E-state index contributed by atoms with van der Waals surface area (Å²) in [6.07, 6.45) is 1.70. The van der Waals surface area contributed by atoms with Crippen molar-refractivity contribution >= 4 is 11.6 Å². The maximum Gasteiger partial charge on any atom is 0.251 e. The number of nitrogens with zero attached hydrogens (tertiary/aromatic N) is 1. The first-order valence-electron chi connectivity index (χ1n) is 10.6. The van der Waals surface area contributed by atoms with E-state index in [1.165, 1.54) is 10.6 Å². The molecule has 7 heteroatoms. The predicted molar refractivity (Wildman–Crippen MR) is 116 cm³/mol. The van der Waals surface area contributed by atoms with E-state index in [9.17, 15) is 4.79 Å². The lowest BCUT2D eigenvalue weighted by atomic mass is 10.1. The fourth-order valence-corrected chi connectivity index (χ4v) is 4.31. The number of nitrogens with one attached hydrogen (secondary N) is 2. The van der Waals surface area contributed by atoms with Gasteiger partial charge in [0, 0.05) is 11.3 Å². The minimum absolute atomic E-state index is 0.0610. The van der Waals surface area contributed by atoms with Gasteiger partial charge in [-0.05, 0) is 42.5 Å². The van der Waals surface area contributed by atoms with E-state index in [4.69, 9.17) is 13.9 Å². The van der Waals surface area contributed by atoms with Crippen molar-refractivity contribution in [2.45, 2.75) is 6.04 Å². The van der Waals surface area contributed by atoms with Crippen LogP contribution in [0.3, 0.4) is 0 Å². The Hall–Kier alpha value is -3.45. The first-order valence-corrected chi connectivity index (χ1v) is 10.6. The normalized spacial score (nSPS) is 16.8. The van der Waals surface area contributed by atoms with Gasteiger partial charge < -0.3 is 29.0 Å². The molecule has 5 rings (SSSR count). The summed E-state index contributed by atoms with van der Waals surface area (Å²) in [4.78, 5) is 16.6. The number of carbonyl (C=O) groups excluding carboxylic acids is 1. The standard InChI is InChI=1S/C24H25N3O4/c28-24(18-8-9-22-23(15-18)31-17-30-22)25-16-20(21-7-4-14-29-21)27-12-10-26(11-13-27)19-5-2-1-3-6-19/h1-9,14-15,20H,10-13,16-17H2,(H,25,28)/p+1/t20-/m0/s1. The number of hydrogen-bond donors (Lipinski definition) is 2. The van der Waals surface area contributed by atoms with Crippen LogP contribution < -0.4 is 24.6 Å². The molecule has 0 radical (unpaired) electrons. The molecule has 1 atom stereocenters. The highest BCUT2D eigenvalue weighted by Crippen LogP contribution is 2.32. The number of anilines is 1. The van der Waals surface area contributed by atoms with Crippen LogP contribution in [0.25, 0.3) is 0 Å². The molecule has 0 spiro atoms. The van der Waals surface area contributed by atoms with Crippen molar-refractivity contribution < 1.29 is 23.6 Å². The molecule has 1 saturated heterocycles. The first-order chi connectivity index (χ1) is 15.3. The topological polar surface area (TPSA) is 68.4 Å². The third-order valence-electron chi connectivity index (χ3n) is 6.01. The summed E-state index contributed by atoms with van der Waals surface area (Å²) in [5, 5.41) is 3.09. The lowest BCUT2D eigenvalue weighted by molar-refractivity contribution is -0.932. The second-order valence-electron chi connectivity index (χ2n) is 7.83. The molecular formula is C24H26N3O4+.